The van der Waals surface area contributed by atoms with Crippen LogP contribution in [0.3, 0.4) is 0 Å². The van der Waals surface area contributed by atoms with Gasteiger partial charge in [-0.25, -0.2) is 0 Å². The van der Waals surface area contributed by atoms with Gasteiger partial charge in [0.2, 0.25) is 12.3 Å². The van der Waals surface area contributed by atoms with E-state index in [0.29, 0.717) is 0 Å². The highest BCUT2D eigenvalue weighted by Gasteiger charge is 2.25. The Morgan fingerprint density at radius 3 is 2.48 bits per heavy atom. The maximum Gasteiger partial charge on any atom is 0.376 e. The number of nitrogens with zero attached hydrogens (tertiary/aromatic N) is 1. The van der Waals surface area contributed by atoms with E-state index in [1.165, 1.54) is 12.8 Å². The van der Waals surface area contributed by atoms with E-state index in [-0.39, 0.29) is 18.4 Å². The second-order valence-electron chi connectivity index (χ2n) is 6.65. The fourth-order valence-electron chi connectivity index (χ4n) is 3.52. The van der Waals surface area contributed by atoms with E-state index in [4.69, 9.17) is 4.74 Å². The number of aromatic nitrogens is 1. The molecule has 1 aliphatic rings. The van der Waals surface area contributed by atoms with Crippen LogP contribution in [0.4, 0.5) is 0 Å². The summed E-state index contributed by atoms with van der Waals surface area (Å²) in [6, 6.07) is 19.7. The predicted molar refractivity (Wildman–Crippen MR) is 97.8 cm³/mol. The summed E-state index contributed by atoms with van der Waals surface area (Å²) >= 11 is 0. The maximum atomic E-state index is 12.7. The lowest BCUT2D eigenvalue weighted by Gasteiger charge is -2.13. The highest BCUT2D eigenvalue weighted by Crippen LogP contribution is 2.27. The third-order valence-corrected chi connectivity index (χ3v) is 4.88. The van der Waals surface area contributed by atoms with Crippen LogP contribution < -0.4 is 9.30 Å². The minimum absolute atomic E-state index is 0.0946. The number of fused-ring (bicyclic) bond motifs is 1. The molecule has 0 unspecified atom stereocenters. The number of rotatable bonds is 5. The summed E-state index contributed by atoms with van der Waals surface area (Å²) in [4.78, 5) is 12.7. The zero-order valence-corrected chi connectivity index (χ0v) is 14.2. The maximum absolute atomic E-state index is 12.7. The number of hydrogen-bond donors (Lipinski definition) is 0. The Morgan fingerprint density at radius 1 is 0.960 bits per heavy atom. The normalized spacial score (nSPS) is 14.7. The molecule has 1 fully saturated rings. The molecule has 1 aliphatic carbocycles. The fourth-order valence-corrected chi connectivity index (χ4v) is 3.52. The van der Waals surface area contributed by atoms with Gasteiger partial charge in [-0.05, 0) is 37.1 Å². The van der Waals surface area contributed by atoms with Gasteiger partial charge in [0, 0.05) is 11.6 Å². The van der Waals surface area contributed by atoms with Crippen LogP contribution in [0.1, 0.15) is 36.0 Å². The topological polar surface area (TPSA) is 30.2 Å². The number of hydrogen-bond acceptors (Lipinski definition) is 2. The molecule has 1 heterocycles. The molecule has 0 radical (unpaired) electrons. The van der Waals surface area contributed by atoms with Crippen molar-refractivity contribution >= 4 is 16.6 Å². The van der Waals surface area contributed by atoms with Crippen molar-refractivity contribution in [3.05, 3.63) is 72.4 Å². The molecule has 0 saturated heterocycles. The first-order chi connectivity index (χ1) is 12.3. The fraction of sp³-hybridized carbons (Fsp3) is 0.273. The molecule has 4 rings (SSSR count). The summed E-state index contributed by atoms with van der Waals surface area (Å²) in [7, 11) is 0. The molecule has 0 N–H and O–H groups in total. The standard InChI is InChI=1S/C22H22NO2/c24-21(18-9-2-1-3-10-18)16-23-15-14-17-8-4-7-13-20(17)22(23)25-19-11-5-6-12-19/h1-4,7-10,13-15,19H,5-6,11-12,16H2/q+1. The highest BCUT2D eigenvalue weighted by molar-refractivity contribution is 5.95. The summed E-state index contributed by atoms with van der Waals surface area (Å²) in [6.45, 7) is 0.289. The number of ketones is 1. The van der Waals surface area contributed by atoms with Crippen LogP contribution in [0.5, 0.6) is 5.88 Å². The SMILES string of the molecule is O=C(C[n+]1ccc2ccccc2c1OC1CCCC1)c1ccccc1. The van der Waals surface area contributed by atoms with Gasteiger partial charge >= 0.3 is 5.88 Å². The number of carbonyl (C=O) groups excluding carboxylic acids is 1. The molecule has 126 valence electrons. The van der Waals surface area contributed by atoms with E-state index in [0.717, 1.165) is 35.1 Å². The van der Waals surface area contributed by atoms with Gasteiger partial charge in [-0.3, -0.25) is 4.79 Å². The molecule has 3 aromatic rings. The number of benzene rings is 2. The van der Waals surface area contributed by atoms with Gasteiger partial charge in [-0.1, -0.05) is 48.5 Å². The Hall–Kier alpha value is -2.68. The summed E-state index contributed by atoms with van der Waals surface area (Å²) < 4.78 is 8.32. The molecule has 1 aromatic heterocycles. The number of Topliss-reactive ketones (excluding diaryl/α,β-unsaturated/α-hetero) is 1. The molecule has 0 spiro atoms. The van der Waals surface area contributed by atoms with Crippen molar-refractivity contribution in [1.82, 2.24) is 0 Å². The Balaban J connectivity index is 1.70. The van der Waals surface area contributed by atoms with Crippen LogP contribution in [-0.4, -0.2) is 11.9 Å². The van der Waals surface area contributed by atoms with Gasteiger partial charge in [0.1, 0.15) is 6.10 Å². The average Bonchev–Trinajstić information content (AvgIpc) is 3.17. The van der Waals surface area contributed by atoms with Crippen LogP contribution in [0.2, 0.25) is 0 Å². The molecule has 0 aliphatic heterocycles. The third kappa shape index (κ3) is 3.41. The lowest BCUT2D eigenvalue weighted by molar-refractivity contribution is -0.687. The van der Waals surface area contributed by atoms with Crippen LogP contribution >= 0.6 is 0 Å². The largest absolute Gasteiger partial charge is 0.441 e. The third-order valence-electron chi connectivity index (χ3n) is 4.88. The van der Waals surface area contributed by atoms with Crippen molar-refractivity contribution in [3.8, 4) is 5.88 Å². The van der Waals surface area contributed by atoms with Crippen LogP contribution in [-0.2, 0) is 6.54 Å². The van der Waals surface area contributed by atoms with Crippen molar-refractivity contribution in [2.24, 2.45) is 0 Å². The summed E-state index contributed by atoms with van der Waals surface area (Å²) in [5.41, 5.74) is 0.731. The highest BCUT2D eigenvalue weighted by atomic mass is 16.5. The van der Waals surface area contributed by atoms with Gasteiger partial charge in [-0.15, -0.1) is 0 Å². The Morgan fingerprint density at radius 2 is 1.68 bits per heavy atom. The first kappa shape index (κ1) is 15.8. The molecule has 2 aromatic carbocycles. The van der Waals surface area contributed by atoms with Gasteiger partial charge < -0.3 is 4.74 Å². The quantitative estimate of drug-likeness (QED) is 0.514. The molecule has 3 nitrogen and oxygen atoms in total. The molecular weight excluding hydrogens is 310 g/mol. The minimum Gasteiger partial charge on any atom is -0.441 e. The average molecular weight is 332 g/mol. The summed E-state index contributed by atoms with van der Waals surface area (Å²) in [5.74, 6) is 0.909. The van der Waals surface area contributed by atoms with E-state index < -0.39 is 0 Å². The molecule has 0 atom stereocenters. The van der Waals surface area contributed by atoms with Crippen molar-refractivity contribution in [3.63, 3.8) is 0 Å². The smallest absolute Gasteiger partial charge is 0.376 e. The van der Waals surface area contributed by atoms with E-state index in [1.807, 2.05) is 53.2 Å². The van der Waals surface area contributed by atoms with E-state index in [9.17, 15) is 4.79 Å². The van der Waals surface area contributed by atoms with Crippen molar-refractivity contribution in [1.29, 1.82) is 0 Å². The summed E-state index contributed by atoms with van der Waals surface area (Å²) in [6.07, 6.45) is 6.85. The number of ether oxygens (including phenoxy) is 1. The second kappa shape index (κ2) is 7.06. The van der Waals surface area contributed by atoms with Crippen molar-refractivity contribution in [2.45, 2.75) is 38.3 Å². The van der Waals surface area contributed by atoms with E-state index >= 15 is 0 Å². The second-order valence-corrected chi connectivity index (χ2v) is 6.65. The van der Waals surface area contributed by atoms with Crippen molar-refractivity contribution < 1.29 is 14.1 Å². The van der Waals surface area contributed by atoms with Gasteiger partial charge in [-0.2, -0.15) is 4.57 Å². The monoisotopic (exact) mass is 332 g/mol. The predicted octanol–water partition coefficient (Wildman–Crippen LogP) is 4.33. The van der Waals surface area contributed by atoms with Gasteiger partial charge in [0.05, 0.1) is 5.39 Å². The Kier molecular flexibility index (Phi) is 4.47. The molecule has 25 heavy (non-hydrogen) atoms. The minimum atomic E-state index is 0.0946. The Labute approximate surface area is 147 Å². The van der Waals surface area contributed by atoms with Gasteiger partial charge in [0.25, 0.3) is 0 Å². The molecule has 1 saturated carbocycles. The van der Waals surface area contributed by atoms with Crippen LogP contribution in [0.15, 0.2) is 66.9 Å². The molecule has 0 amide bonds. The van der Waals surface area contributed by atoms with Crippen molar-refractivity contribution in [2.75, 3.05) is 0 Å². The van der Waals surface area contributed by atoms with E-state index in [2.05, 4.69) is 18.2 Å². The lowest BCUT2D eigenvalue weighted by atomic mass is 10.1. The lowest BCUT2D eigenvalue weighted by Crippen LogP contribution is -2.40. The van der Waals surface area contributed by atoms with Gasteiger partial charge in [0.15, 0.2) is 6.20 Å². The van der Waals surface area contributed by atoms with Crippen LogP contribution in [0, 0.1) is 0 Å². The number of carbonyl (C=O) groups is 1. The molecular formula is C22H22NO2+. The Bertz CT molecular complexity index is 883. The zero-order valence-electron chi connectivity index (χ0n) is 14.2. The molecule has 0 bridgehead atoms. The van der Waals surface area contributed by atoms with E-state index in [1.54, 1.807) is 0 Å². The number of pyridine rings is 1. The van der Waals surface area contributed by atoms with Crippen LogP contribution in [0.25, 0.3) is 10.8 Å². The first-order valence-corrected chi connectivity index (χ1v) is 8.97. The first-order valence-electron chi connectivity index (χ1n) is 8.97. The molecule has 3 heteroatoms. The summed E-state index contributed by atoms with van der Waals surface area (Å²) in [5, 5.41) is 2.21. The zero-order chi connectivity index (χ0) is 17.1.